The van der Waals surface area contributed by atoms with Crippen molar-refractivity contribution in [3.05, 3.63) is 23.3 Å². The number of ketones is 1. The van der Waals surface area contributed by atoms with E-state index >= 15 is 0 Å². The molecule has 44 heavy (non-hydrogen) atoms. The van der Waals surface area contributed by atoms with Gasteiger partial charge in [-0.15, -0.1) is 21.1 Å². The molecule has 19 nitrogen and oxygen atoms in total. The molecule has 236 valence electrons. The normalized spacial score (nSPS) is 18.4. The minimum absolute atomic E-state index is 0.0232. The number of fused-ring (bicyclic) bond motifs is 1. The Kier molecular flexibility index (Phi) is 9.11. The number of aliphatic carboxylic acids is 2. The smallest absolute Gasteiger partial charge is 0.352 e. The van der Waals surface area contributed by atoms with E-state index in [1.165, 1.54) is 36.5 Å². The monoisotopic (exact) mass is 652 g/mol. The SMILES string of the molecule is Cn1c(N)c(NC(=O)NCN)c[n+]1CC1=C(C(=O)O)N2C(=O)[C@@H](CC(=O)/C(=N\OC(C)(C)C(=O)O)c3nsc(N)n3)[C@H]2SC1. The number of carboxylic acids is 2. The Hall–Kier alpha value is -4.76. The molecule has 3 amide bonds. The number of oxime groups is 1. The van der Waals surface area contributed by atoms with Gasteiger partial charge in [0.05, 0.1) is 25.0 Å². The Morgan fingerprint density at radius 1 is 1.27 bits per heavy atom. The molecule has 21 heteroatoms. The fourth-order valence-corrected chi connectivity index (χ4v) is 6.14. The van der Waals surface area contributed by atoms with Gasteiger partial charge in [0, 0.05) is 29.3 Å². The zero-order valence-electron chi connectivity index (χ0n) is 23.6. The first kappa shape index (κ1) is 32.2. The van der Waals surface area contributed by atoms with Gasteiger partial charge < -0.3 is 37.6 Å². The van der Waals surface area contributed by atoms with Crippen LogP contribution in [0.4, 0.5) is 21.4 Å². The molecule has 0 saturated carbocycles. The van der Waals surface area contributed by atoms with Gasteiger partial charge in [0.25, 0.3) is 0 Å². The zero-order chi connectivity index (χ0) is 32.5. The van der Waals surface area contributed by atoms with Gasteiger partial charge in [-0.25, -0.2) is 14.4 Å². The third kappa shape index (κ3) is 6.28. The van der Waals surface area contributed by atoms with Crippen LogP contribution in [0.2, 0.25) is 0 Å². The fourth-order valence-electron chi connectivity index (χ4n) is 4.30. The molecule has 1 saturated heterocycles. The zero-order valence-corrected chi connectivity index (χ0v) is 25.3. The molecular weight excluding hydrogens is 622 g/mol. The van der Waals surface area contributed by atoms with Crippen molar-refractivity contribution in [2.45, 2.75) is 37.8 Å². The van der Waals surface area contributed by atoms with Crippen LogP contribution in [-0.4, -0.2) is 87.9 Å². The second-order valence-corrected chi connectivity index (χ2v) is 12.0. The largest absolute Gasteiger partial charge is 0.478 e. The van der Waals surface area contributed by atoms with Crippen LogP contribution < -0.4 is 32.5 Å². The topological polar surface area (TPSA) is 287 Å². The summed E-state index contributed by atoms with van der Waals surface area (Å²) in [4.78, 5) is 72.5. The lowest BCUT2D eigenvalue weighted by Crippen LogP contribution is -2.62. The molecule has 0 aliphatic carbocycles. The lowest BCUT2D eigenvalue weighted by atomic mass is 9.89. The van der Waals surface area contributed by atoms with Gasteiger partial charge in [0.15, 0.2) is 34.7 Å². The number of nitrogens with zero attached hydrogens (tertiary/aromatic N) is 6. The van der Waals surface area contributed by atoms with Gasteiger partial charge >= 0.3 is 18.0 Å². The van der Waals surface area contributed by atoms with Crippen LogP contribution in [0, 0.1) is 5.92 Å². The molecule has 1 fully saturated rings. The van der Waals surface area contributed by atoms with Gasteiger partial charge in [0.1, 0.15) is 5.70 Å². The summed E-state index contributed by atoms with van der Waals surface area (Å²) in [7, 11) is 1.61. The van der Waals surface area contributed by atoms with E-state index in [-0.39, 0.29) is 47.1 Å². The van der Waals surface area contributed by atoms with Crippen LogP contribution in [0.3, 0.4) is 0 Å². The van der Waals surface area contributed by atoms with Crippen LogP contribution >= 0.6 is 23.3 Å². The highest BCUT2D eigenvalue weighted by molar-refractivity contribution is 8.00. The van der Waals surface area contributed by atoms with Crippen LogP contribution in [0.5, 0.6) is 0 Å². The highest BCUT2D eigenvalue weighted by Gasteiger charge is 2.54. The number of nitrogens with one attached hydrogen (secondary N) is 2. The number of Topliss-reactive ketones (excluding diaryl/α,β-unsaturated/α-hetero) is 1. The Bertz CT molecular complexity index is 1600. The minimum atomic E-state index is -1.79. The second-order valence-electron chi connectivity index (χ2n) is 10.1. The number of anilines is 3. The summed E-state index contributed by atoms with van der Waals surface area (Å²) in [6.45, 7) is 2.39. The fraction of sp³-hybridized carbons (Fsp3) is 0.435. The van der Waals surface area contributed by atoms with E-state index < -0.39 is 58.7 Å². The number of hydrogen-bond donors (Lipinski definition) is 7. The number of thioether (sulfide) groups is 1. The molecule has 0 aromatic carbocycles. The number of rotatable bonds is 12. The standard InChI is InChI=1S/C23H29N11O8S2/c1-23(2,20(39)40)42-30-13(16-29-21(26)44-31-16)12(35)4-10-17(36)34-14(19(37)38)9(7-43-18(10)34)5-33-6-11(15(25)32(33)3)28-22(41)27-8-24/h6,10,18,25H,4-5,7-8,24H2,1-3H3,(H6,26,27,28,29,31,37,38,39,40,41)/p+1/b30-13+/t10-,18-/m1/s1. The van der Waals surface area contributed by atoms with E-state index in [1.807, 2.05) is 0 Å². The maximum atomic E-state index is 13.3. The average molecular weight is 653 g/mol. The third-order valence-electron chi connectivity index (χ3n) is 6.71. The van der Waals surface area contributed by atoms with Crippen LogP contribution in [-0.2, 0) is 37.6 Å². The summed E-state index contributed by atoms with van der Waals surface area (Å²) in [5.74, 6) is -4.70. The number of carbonyl (C=O) groups excluding carboxylic acids is 3. The lowest BCUT2D eigenvalue weighted by Gasteiger charge is -2.49. The maximum absolute atomic E-state index is 13.3. The Morgan fingerprint density at radius 2 is 1.98 bits per heavy atom. The highest BCUT2D eigenvalue weighted by Crippen LogP contribution is 2.45. The minimum Gasteiger partial charge on any atom is -0.478 e. The van der Waals surface area contributed by atoms with Crippen molar-refractivity contribution < 1.29 is 43.7 Å². The number of aromatic nitrogens is 4. The number of carboxylic acid groups (broad SMARTS) is 2. The van der Waals surface area contributed by atoms with E-state index in [2.05, 4.69) is 25.1 Å². The molecule has 10 N–H and O–H groups in total. The average Bonchev–Trinajstić information content (AvgIpc) is 3.49. The lowest BCUT2D eigenvalue weighted by molar-refractivity contribution is -0.765. The number of nitrogens with two attached hydrogens (primary N) is 3. The van der Waals surface area contributed by atoms with Gasteiger partial charge in [-0.3, -0.25) is 19.8 Å². The molecule has 0 bridgehead atoms. The third-order valence-corrected chi connectivity index (χ3v) is 8.65. The number of amides is 3. The Labute approximate surface area is 257 Å². The van der Waals surface area contributed by atoms with Gasteiger partial charge in [-0.05, 0) is 13.8 Å². The summed E-state index contributed by atoms with van der Waals surface area (Å²) in [5, 5.41) is 27.4. The van der Waals surface area contributed by atoms with E-state index in [0.29, 0.717) is 5.57 Å². The van der Waals surface area contributed by atoms with Crippen LogP contribution in [0.1, 0.15) is 26.1 Å². The van der Waals surface area contributed by atoms with Gasteiger partial charge in [-0.2, -0.15) is 9.36 Å². The summed E-state index contributed by atoms with van der Waals surface area (Å²) in [6, 6.07) is -0.579. The Morgan fingerprint density at radius 3 is 2.57 bits per heavy atom. The van der Waals surface area contributed by atoms with Crippen molar-refractivity contribution in [3.63, 3.8) is 0 Å². The Balaban J connectivity index is 1.55. The molecule has 2 aliphatic heterocycles. The molecular formula is C23H30N11O8S2+. The van der Waals surface area contributed by atoms with Gasteiger partial charge in [-0.1, -0.05) is 5.16 Å². The van der Waals surface area contributed by atoms with Crippen LogP contribution in [0.15, 0.2) is 22.6 Å². The summed E-state index contributed by atoms with van der Waals surface area (Å²) in [6.07, 6.45) is 1.12. The first-order valence-corrected chi connectivity index (χ1v) is 14.6. The van der Waals surface area contributed by atoms with Crippen molar-refractivity contribution in [2.24, 2.45) is 23.9 Å². The number of hydrogen-bond acceptors (Lipinski definition) is 14. The predicted molar refractivity (Wildman–Crippen MR) is 156 cm³/mol. The quantitative estimate of drug-likeness (QED) is 0.0451. The number of urea groups is 1. The summed E-state index contributed by atoms with van der Waals surface area (Å²) >= 11 is 2.05. The number of β-lactam (4-membered cyclic amide) rings is 1. The van der Waals surface area contributed by atoms with E-state index in [1.54, 1.807) is 11.7 Å². The molecule has 0 spiro atoms. The molecule has 2 atom stereocenters. The molecule has 2 aliphatic rings. The van der Waals surface area contributed by atoms with Crippen molar-refractivity contribution in [2.75, 3.05) is 29.2 Å². The molecule has 0 unspecified atom stereocenters. The number of carbonyl (C=O) groups is 5. The van der Waals surface area contributed by atoms with Crippen molar-refractivity contribution in [1.29, 1.82) is 0 Å². The first-order valence-electron chi connectivity index (χ1n) is 12.8. The maximum Gasteiger partial charge on any atom is 0.352 e. The second kappa shape index (κ2) is 12.5. The predicted octanol–water partition coefficient (Wildman–Crippen LogP) is -1.52. The van der Waals surface area contributed by atoms with Crippen molar-refractivity contribution in [3.8, 4) is 0 Å². The van der Waals surface area contributed by atoms with Crippen molar-refractivity contribution >= 4 is 75.3 Å². The van der Waals surface area contributed by atoms with Crippen molar-refractivity contribution in [1.82, 2.24) is 24.3 Å². The van der Waals surface area contributed by atoms with E-state index in [0.717, 1.165) is 16.4 Å². The van der Waals surface area contributed by atoms with Gasteiger partial charge in [0.2, 0.25) is 23.5 Å². The summed E-state index contributed by atoms with van der Waals surface area (Å²) in [5.41, 5.74) is 15.3. The molecule has 2 aromatic rings. The molecule has 4 rings (SSSR count). The summed E-state index contributed by atoms with van der Waals surface area (Å²) < 4.78 is 7.04. The highest BCUT2D eigenvalue weighted by atomic mass is 32.2. The molecule has 0 radical (unpaired) electrons. The van der Waals surface area contributed by atoms with E-state index in [4.69, 9.17) is 22.0 Å². The van der Waals surface area contributed by atoms with Crippen LogP contribution in [0.25, 0.3) is 0 Å². The van der Waals surface area contributed by atoms with E-state index in [9.17, 15) is 34.2 Å². The first-order chi connectivity index (χ1) is 20.7. The molecule has 4 heterocycles. The number of nitrogen functional groups attached to an aromatic ring is 2. The molecule has 2 aromatic heterocycles.